The predicted molar refractivity (Wildman–Crippen MR) is 94.1 cm³/mol. The Balaban J connectivity index is 1.88. The fraction of sp³-hybridized carbons (Fsp3) is 0.235. The van der Waals surface area contributed by atoms with Crippen LogP contribution in [0.4, 0.5) is 11.4 Å². The Morgan fingerprint density at radius 2 is 1.77 bits per heavy atom. The molecule has 0 aliphatic rings. The highest BCUT2D eigenvalue weighted by molar-refractivity contribution is 6.39. The molecule has 0 heterocycles. The largest absolute Gasteiger partial charge is 0.384 e. The van der Waals surface area contributed by atoms with Crippen LogP contribution in [0.5, 0.6) is 0 Å². The molecule has 0 aliphatic heterocycles. The summed E-state index contributed by atoms with van der Waals surface area (Å²) in [5.41, 5.74) is 3.88. The van der Waals surface area contributed by atoms with Crippen LogP contribution >= 0.6 is 23.2 Å². The standard InChI is InChI=1S/C17H18Cl2N2O/c1-11-6-7-15(12(2)10-11)20-9-8-16(22)21-17-13(18)4-3-5-14(17)19/h3-7,10,20H,8-9H2,1-2H3,(H,21,22). The highest BCUT2D eigenvalue weighted by Crippen LogP contribution is 2.29. The third-order valence-electron chi connectivity index (χ3n) is 3.28. The minimum Gasteiger partial charge on any atom is -0.384 e. The summed E-state index contributed by atoms with van der Waals surface area (Å²) in [4.78, 5) is 12.0. The van der Waals surface area contributed by atoms with E-state index in [1.165, 1.54) is 5.56 Å². The minimum atomic E-state index is -0.132. The third-order valence-corrected chi connectivity index (χ3v) is 3.91. The zero-order valence-corrected chi connectivity index (χ0v) is 14.1. The second-order valence-corrected chi connectivity index (χ2v) is 5.95. The molecule has 2 aromatic carbocycles. The summed E-state index contributed by atoms with van der Waals surface area (Å²) in [7, 11) is 0. The lowest BCUT2D eigenvalue weighted by molar-refractivity contribution is -0.115. The number of para-hydroxylation sites is 1. The molecule has 0 aromatic heterocycles. The molecule has 0 aliphatic carbocycles. The topological polar surface area (TPSA) is 41.1 Å². The Morgan fingerprint density at radius 3 is 2.41 bits per heavy atom. The molecule has 0 atom stereocenters. The molecule has 2 N–H and O–H groups in total. The average Bonchev–Trinajstić information content (AvgIpc) is 2.45. The van der Waals surface area contributed by atoms with Crippen LogP contribution in [0.25, 0.3) is 0 Å². The molecule has 0 radical (unpaired) electrons. The molecule has 0 saturated carbocycles. The molecule has 0 spiro atoms. The first-order valence-electron chi connectivity index (χ1n) is 7.02. The van der Waals surface area contributed by atoms with E-state index in [-0.39, 0.29) is 5.91 Å². The molecule has 5 heteroatoms. The normalized spacial score (nSPS) is 10.4. The maximum atomic E-state index is 12.0. The zero-order valence-electron chi connectivity index (χ0n) is 12.5. The lowest BCUT2D eigenvalue weighted by Gasteiger charge is -2.11. The maximum Gasteiger partial charge on any atom is 0.226 e. The van der Waals surface area contributed by atoms with Crippen molar-refractivity contribution in [3.8, 4) is 0 Å². The van der Waals surface area contributed by atoms with Crippen LogP contribution in [0.1, 0.15) is 17.5 Å². The SMILES string of the molecule is Cc1ccc(NCCC(=O)Nc2c(Cl)cccc2Cl)c(C)c1. The number of anilines is 2. The van der Waals surface area contributed by atoms with Crippen LogP contribution in [0, 0.1) is 13.8 Å². The molecular weight excluding hydrogens is 319 g/mol. The monoisotopic (exact) mass is 336 g/mol. The number of halogens is 2. The van der Waals surface area contributed by atoms with Crippen molar-refractivity contribution in [2.45, 2.75) is 20.3 Å². The van der Waals surface area contributed by atoms with Crippen LogP contribution in [0.3, 0.4) is 0 Å². The highest BCUT2D eigenvalue weighted by atomic mass is 35.5. The van der Waals surface area contributed by atoms with Crippen molar-refractivity contribution in [2.75, 3.05) is 17.2 Å². The molecule has 2 rings (SSSR count). The summed E-state index contributed by atoms with van der Waals surface area (Å²) in [6, 6.07) is 11.3. The Kier molecular flexibility index (Phi) is 5.69. The number of carbonyl (C=O) groups excluding carboxylic acids is 1. The molecule has 2 aromatic rings. The fourth-order valence-corrected chi connectivity index (χ4v) is 2.63. The van der Waals surface area contributed by atoms with Crippen LogP contribution < -0.4 is 10.6 Å². The van der Waals surface area contributed by atoms with Gasteiger partial charge in [0.2, 0.25) is 5.91 Å². The van der Waals surface area contributed by atoms with Crippen molar-refractivity contribution < 1.29 is 4.79 Å². The number of hydrogen-bond donors (Lipinski definition) is 2. The van der Waals surface area contributed by atoms with Gasteiger partial charge >= 0.3 is 0 Å². The van der Waals surface area contributed by atoms with Crippen LogP contribution in [-0.2, 0) is 4.79 Å². The van der Waals surface area contributed by atoms with E-state index in [1.54, 1.807) is 18.2 Å². The number of hydrogen-bond acceptors (Lipinski definition) is 2. The summed E-state index contributed by atoms with van der Waals surface area (Å²) >= 11 is 12.0. The summed E-state index contributed by atoms with van der Waals surface area (Å²) in [6.07, 6.45) is 0.328. The van der Waals surface area contributed by atoms with Gasteiger partial charge in [0.05, 0.1) is 15.7 Å². The quantitative estimate of drug-likeness (QED) is 0.801. The van der Waals surface area contributed by atoms with Gasteiger partial charge in [0, 0.05) is 18.7 Å². The summed E-state index contributed by atoms with van der Waals surface area (Å²) in [5, 5.41) is 6.87. The fourth-order valence-electron chi connectivity index (χ4n) is 2.14. The van der Waals surface area contributed by atoms with Gasteiger partial charge in [-0.2, -0.15) is 0 Å². The van der Waals surface area contributed by atoms with E-state index >= 15 is 0 Å². The van der Waals surface area contributed by atoms with E-state index in [1.807, 2.05) is 19.1 Å². The van der Waals surface area contributed by atoms with Crippen LogP contribution in [0.15, 0.2) is 36.4 Å². The molecule has 0 unspecified atom stereocenters. The number of aryl methyl sites for hydroxylation is 2. The Labute approximate surface area is 140 Å². The van der Waals surface area contributed by atoms with E-state index in [0.29, 0.717) is 28.7 Å². The van der Waals surface area contributed by atoms with Crippen molar-refractivity contribution in [3.05, 3.63) is 57.6 Å². The second-order valence-electron chi connectivity index (χ2n) is 5.14. The Morgan fingerprint density at radius 1 is 1.09 bits per heavy atom. The number of nitrogens with one attached hydrogen (secondary N) is 2. The number of amides is 1. The van der Waals surface area contributed by atoms with Crippen molar-refractivity contribution in [1.82, 2.24) is 0 Å². The number of rotatable bonds is 5. The van der Waals surface area contributed by atoms with Gasteiger partial charge in [-0.1, -0.05) is 47.0 Å². The van der Waals surface area contributed by atoms with E-state index in [4.69, 9.17) is 23.2 Å². The van der Waals surface area contributed by atoms with Crippen molar-refractivity contribution >= 4 is 40.5 Å². The zero-order chi connectivity index (χ0) is 16.1. The molecule has 0 fully saturated rings. The van der Waals surface area contributed by atoms with Crippen LogP contribution in [-0.4, -0.2) is 12.5 Å². The minimum absolute atomic E-state index is 0.132. The van der Waals surface area contributed by atoms with E-state index < -0.39 is 0 Å². The van der Waals surface area contributed by atoms with Gasteiger partial charge < -0.3 is 10.6 Å². The van der Waals surface area contributed by atoms with Gasteiger partial charge in [0.25, 0.3) is 0 Å². The van der Waals surface area contributed by atoms with Gasteiger partial charge in [0.15, 0.2) is 0 Å². The van der Waals surface area contributed by atoms with E-state index in [2.05, 4.69) is 23.6 Å². The molecule has 0 saturated heterocycles. The lowest BCUT2D eigenvalue weighted by atomic mass is 10.1. The molecule has 1 amide bonds. The molecule has 22 heavy (non-hydrogen) atoms. The first-order valence-corrected chi connectivity index (χ1v) is 7.78. The first-order chi connectivity index (χ1) is 10.5. The van der Waals surface area contributed by atoms with E-state index in [9.17, 15) is 4.79 Å². The predicted octanol–water partition coefficient (Wildman–Crippen LogP) is 5.05. The summed E-state index contributed by atoms with van der Waals surface area (Å²) in [5.74, 6) is -0.132. The Bertz CT molecular complexity index is 666. The van der Waals surface area contributed by atoms with Crippen molar-refractivity contribution in [3.63, 3.8) is 0 Å². The van der Waals surface area contributed by atoms with Crippen LogP contribution in [0.2, 0.25) is 10.0 Å². The highest BCUT2D eigenvalue weighted by Gasteiger charge is 2.09. The van der Waals surface area contributed by atoms with Gasteiger partial charge in [0.1, 0.15) is 0 Å². The van der Waals surface area contributed by atoms with Gasteiger partial charge in [-0.15, -0.1) is 0 Å². The van der Waals surface area contributed by atoms with Crippen molar-refractivity contribution in [2.24, 2.45) is 0 Å². The number of carbonyl (C=O) groups is 1. The van der Waals surface area contributed by atoms with Gasteiger partial charge in [-0.3, -0.25) is 4.79 Å². The number of benzene rings is 2. The molecule has 116 valence electrons. The second kappa shape index (κ2) is 7.52. The smallest absolute Gasteiger partial charge is 0.226 e. The lowest BCUT2D eigenvalue weighted by Crippen LogP contribution is -2.17. The summed E-state index contributed by atoms with van der Waals surface area (Å²) < 4.78 is 0. The van der Waals surface area contributed by atoms with Gasteiger partial charge in [-0.25, -0.2) is 0 Å². The summed E-state index contributed by atoms with van der Waals surface area (Å²) in [6.45, 7) is 4.63. The maximum absolute atomic E-state index is 12.0. The van der Waals surface area contributed by atoms with Crippen molar-refractivity contribution in [1.29, 1.82) is 0 Å². The first kappa shape index (κ1) is 16.7. The molecular formula is C17H18Cl2N2O. The van der Waals surface area contributed by atoms with Gasteiger partial charge in [-0.05, 0) is 37.6 Å². The van der Waals surface area contributed by atoms with E-state index in [0.717, 1.165) is 11.3 Å². The molecule has 0 bridgehead atoms. The Hall–Kier alpha value is -1.71. The third kappa shape index (κ3) is 4.39. The average molecular weight is 337 g/mol. The molecule has 3 nitrogen and oxygen atoms in total.